The molecule has 2 heterocycles. The fourth-order valence-electron chi connectivity index (χ4n) is 2.41. The molecule has 0 atom stereocenters. The maximum atomic E-state index is 12.1. The van der Waals surface area contributed by atoms with Crippen LogP contribution in [0.4, 0.5) is 5.69 Å². The maximum absolute atomic E-state index is 12.1. The van der Waals surface area contributed by atoms with E-state index in [0.717, 1.165) is 27.5 Å². The van der Waals surface area contributed by atoms with Crippen molar-refractivity contribution in [3.8, 4) is 0 Å². The average molecular weight is 381 g/mol. The smallest absolute Gasteiger partial charge is 0.257 e. The Hall–Kier alpha value is -2.64. The van der Waals surface area contributed by atoms with E-state index in [1.807, 2.05) is 60.0 Å². The molecule has 4 rings (SSSR count). The topological polar surface area (TPSA) is 68.0 Å². The van der Waals surface area contributed by atoms with Gasteiger partial charge >= 0.3 is 0 Å². The lowest BCUT2D eigenvalue weighted by molar-refractivity contribution is -0.115. The van der Waals surface area contributed by atoms with E-state index in [-0.39, 0.29) is 12.3 Å². The summed E-state index contributed by atoms with van der Waals surface area (Å²) in [6, 6.07) is 17.1. The zero-order chi connectivity index (χ0) is 17.8. The number of carbonyl (C=O) groups excluding carboxylic acids is 1. The van der Waals surface area contributed by atoms with E-state index in [9.17, 15) is 4.79 Å². The third-order valence-electron chi connectivity index (χ3n) is 3.59. The molecule has 0 saturated heterocycles. The zero-order valence-electron chi connectivity index (χ0n) is 13.7. The number of benzene rings is 2. The van der Waals surface area contributed by atoms with Crippen LogP contribution in [0, 0.1) is 0 Å². The number of hydrogen-bond donors (Lipinski definition) is 1. The Morgan fingerprint density at radius 2 is 1.88 bits per heavy atom. The van der Waals surface area contributed by atoms with E-state index < -0.39 is 0 Å². The molecule has 130 valence electrons. The van der Waals surface area contributed by atoms with Gasteiger partial charge in [0.2, 0.25) is 5.91 Å². The number of thioether (sulfide) groups is 1. The first-order chi connectivity index (χ1) is 12.8. The van der Waals surface area contributed by atoms with Gasteiger partial charge in [-0.15, -0.1) is 11.3 Å². The molecule has 1 N–H and O–H groups in total. The van der Waals surface area contributed by atoms with Gasteiger partial charge in [-0.2, -0.15) is 0 Å². The summed E-state index contributed by atoms with van der Waals surface area (Å²) in [6.07, 6.45) is 0.271. The van der Waals surface area contributed by atoms with Gasteiger partial charge in [-0.25, -0.2) is 9.97 Å². The first-order valence-electron chi connectivity index (χ1n) is 8.03. The van der Waals surface area contributed by atoms with Crippen LogP contribution in [0.5, 0.6) is 0 Å². The van der Waals surface area contributed by atoms with Crippen molar-refractivity contribution < 1.29 is 9.21 Å². The van der Waals surface area contributed by atoms with Crippen molar-refractivity contribution >= 4 is 45.8 Å². The fraction of sp³-hybridized carbons (Fsp3) is 0.105. The van der Waals surface area contributed by atoms with E-state index in [1.54, 1.807) is 0 Å². The van der Waals surface area contributed by atoms with Gasteiger partial charge in [0.1, 0.15) is 10.5 Å². The molecule has 0 aliphatic heterocycles. The van der Waals surface area contributed by atoms with Gasteiger partial charge in [-0.3, -0.25) is 4.79 Å². The molecule has 7 heteroatoms. The van der Waals surface area contributed by atoms with Crippen molar-refractivity contribution in [2.75, 3.05) is 5.32 Å². The summed E-state index contributed by atoms with van der Waals surface area (Å²) < 4.78 is 5.69. The van der Waals surface area contributed by atoms with Crippen molar-refractivity contribution in [1.29, 1.82) is 0 Å². The first kappa shape index (κ1) is 16.8. The van der Waals surface area contributed by atoms with Crippen molar-refractivity contribution in [3.63, 3.8) is 0 Å². The van der Waals surface area contributed by atoms with Crippen molar-refractivity contribution in [1.82, 2.24) is 9.97 Å². The number of amides is 1. The van der Waals surface area contributed by atoms with Gasteiger partial charge in [-0.1, -0.05) is 42.1 Å². The van der Waals surface area contributed by atoms with Crippen LogP contribution in [-0.4, -0.2) is 15.9 Å². The number of rotatable bonds is 6. The van der Waals surface area contributed by atoms with Crippen molar-refractivity contribution in [2.45, 2.75) is 17.4 Å². The molecule has 0 aliphatic carbocycles. The van der Waals surface area contributed by atoms with E-state index >= 15 is 0 Å². The number of carbonyl (C=O) groups is 1. The number of aromatic nitrogens is 2. The third-order valence-corrected chi connectivity index (χ3v) is 5.35. The van der Waals surface area contributed by atoms with Gasteiger partial charge in [0.25, 0.3) is 5.22 Å². The summed E-state index contributed by atoms with van der Waals surface area (Å²) in [6.45, 7) is 0. The number of nitrogens with one attached hydrogen (secondary N) is 1. The molecule has 0 radical (unpaired) electrons. The van der Waals surface area contributed by atoms with Crippen LogP contribution < -0.4 is 5.32 Å². The monoisotopic (exact) mass is 381 g/mol. The quantitative estimate of drug-likeness (QED) is 0.488. The third kappa shape index (κ3) is 4.12. The van der Waals surface area contributed by atoms with Crippen LogP contribution in [-0.2, 0) is 17.0 Å². The number of hydrogen-bond acceptors (Lipinski definition) is 6. The number of anilines is 1. The second-order valence-electron chi connectivity index (χ2n) is 5.56. The predicted octanol–water partition coefficient (Wildman–Crippen LogP) is 4.76. The Labute approximate surface area is 158 Å². The van der Waals surface area contributed by atoms with Crippen LogP contribution in [0.25, 0.3) is 11.1 Å². The highest BCUT2D eigenvalue weighted by Crippen LogP contribution is 2.26. The zero-order valence-corrected chi connectivity index (χ0v) is 15.3. The van der Waals surface area contributed by atoms with Crippen molar-refractivity contribution in [3.05, 3.63) is 70.7 Å². The molecule has 4 aromatic rings. The summed E-state index contributed by atoms with van der Waals surface area (Å²) in [5.74, 6) is 0.590. The highest BCUT2D eigenvalue weighted by Gasteiger charge is 2.11. The lowest BCUT2D eigenvalue weighted by atomic mass is 10.3. The first-order valence-corrected chi connectivity index (χ1v) is 9.89. The molecule has 5 nitrogen and oxygen atoms in total. The molecular weight excluding hydrogens is 366 g/mol. The van der Waals surface area contributed by atoms with Gasteiger partial charge in [-0.05, 0) is 24.3 Å². The Morgan fingerprint density at radius 3 is 2.73 bits per heavy atom. The normalized spacial score (nSPS) is 10.9. The summed E-state index contributed by atoms with van der Waals surface area (Å²) in [4.78, 5) is 21.1. The second kappa shape index (κ2) is 7.72. The van der Waals surface area contributed by atoms with Gasteiger partial charge in [0, 0.05) is 16.8 Å². The van der Waals surface area contributed by atoms with Gasteiger partial charge in [0.05, 0.1) is 12.1 Å². The predicted molar refractivity (Wildman–Crippen MR) is 104 cm³/mol. The number of para-hydroxylation sites is 3. The molecule has 0 aliphatic rings. The van der Waals surface area contributed by atoms with E-state index in [2.05, 4.69) is 15.3 Å². The standard InChI is InChI=1S/C19H15N3O2S2/c23-17(20-13-6-2-1-3-7-13)10-18-21-14(11-25-18)12-26-19-22-15-8-4-5-9-16(15)24-19/h1-9,11H,10,12H2,(H,20,23). The fourth-order valence-corrected chi connectivity index (χ4v) is 4.04. The lowest BCUT2D eigenvalue weighted by Gasteiger charge is -2.02. The Bertz CT molecular complexity index is 994. The maximum Gasteiger partial charge on any atom is 0.257 e. The molecule has 0 bridgehead atoms. The lowest BCUT2D eigenvalue weighted by Crippen LogP contribution is -2.14. The van der Waals surface area contributed by atoms with Crippen LogP contribution in [0.1, 0.15) is 10.7 Å². The van der Waals surface area contributed by atoms with Crippen LogP contribution in [0.2, 0.25) is 0 Å². The summed E-state index contributed by atoms with van der Waals surface area (Å²) in [5.41, 5.74) is 3.35. The summed E-state index contributed by atoms with van der Waals surface area (Å²) in [5, 5.41) is 6.27. The second-order valence-corrected chi connectivity index (χ2v) is 7.43. The molecule has 2 aromatic carbocycles. The minimum absolute atomic E-state index is 0.0660. The SMILES string of the molecule is O=C(Cc1nc(CSc2nc3ccccc3o2)cs1)Nc1ccccc1. The van der Waals surface area contributed by atoms with E-state index in [4.69, 9.17) is 4.42 Å². The molecular formula is C19H15N3O2S2. The number of oxazole rings is 1. The average Bonchev–Trinajstić information content (AvgIpc) is 3.26. The summed E-state index contributed by atoms with van der Waals surface area (Å²) >= 11 is 2.99. The molecule has 1 amide bonds. The molecule has 0 unspecified atom stereocenters. The summed E-state index contributed by atoms with van der Waals surface area (Å²) in [7, 11) is 0. The number of fused-ring (bicyclic) bond motifs is 1. The van der Waals surface area contributed by atoms with E-state index in [0.29, 0.717) is 11.0 Å². The molecule has 2 aromatic heterocycles. The molecule has 0 fully saturated rings. The molecule has 0 saturated carbocycles. The largest absolute Gasteiger partial charge is 0.431 e. The minimum atomic E-state index is -0.0660. The van der Waals surface area contributed by atoms with Crippen LogP contribution in [0.15, 0.2) is 69.6 Å². The Balaban J connectivity index is 1.33. The number of thiazole rings is 1. The van der Waals surface area contributed by atoms with E-state index in [1.165, 1.54) is 23.1 Å². The molecule has 26 heavy (non-hydrogen) atoms. The van der Waals surface area contributed by atoms with Crippen LogP contribution >= 0.6 is 23.1 Å². The van der Waals surface area contributed by atoms with Gasteiger partial charge < -0.3 is 9.73 Å². The van der Waals surface area contributed by atoms with Crippen LogP contribution in [0.3, 0.4) is 0 Å². The Kier molecular flexibility index (Phi) is 4.99. The molecule has 0 spiro atoms. The Morgan fingerprint density at radius 1 is 1.08 bits per heavy atom. The van der Waals surface area contributed by atoms with Gasteiger partial charge in [0.15, 0.2) is 5.58 Å². The van der Waals surface area contributed by atoms with Crippen molar-refractivity contribution in [2.24, 2.45) is 0 Å². The highest BCUT2D eigenvalue weighted by molar-refractivity contribution is 7.98. The highest BCUT2D eigenvalue weighted by atomic mass is 32.2. The number of nitrogens with zero attached hydrogens (tertiary/aromatic N) is 2. The minimum Gasteiger partial charge on any atom is -0.431 e.